The van der Waals surface area contributed by atoms with Crippen molar-refractivity contribution in [2.24, 2.45) is 0 Å². The molecule has 9 nitrogen and oxygen atoms in total. The molecule has 0 saturated carbocycles. The van der Waals surface area contributed by atoms with Crippen LogP contribution in [-0.2, 0) is 14.8 Å². The maximum absolute atomic E-state index is 13.7. The summed E-state index contributed by atoms with van der Waals surface area (Å²) >= 11 is 0. The number of nitrogens with one attached hydrogen (secondary N) is 1. The van der Waals surface area contributed by atoms with Gasteiger partial charge in [0.05, 0.1) is 45.1 Å². The van der Waals surface area contributed by atoms with E-state index in [4.69, 9.17) is 18.9 Å². The normalized spacial score (nSPS) is 11.8. The number of methoxy groups -OCH3 is 4. The third-order valence-electron chi connectivity index (χ3n) is 5.84. The lowest BCUT2D eigenvalue weighted by atomic mass is 10.1. The molecule has 0 fully saturated rings. The van der Waals surface area contributed by atoms with Crippen molar-refractivity contribution in [3.63, 3.8) is 0 Å². The number of amides is 1. The van der Waals surface area contributed by atoms with E-state index in [1.165, 1.54) is 39.5 Å². The molecule has 10 heteroatoms. The molecule has 1 amide bonds. The van der Waals surface area contributed by atoms with Crippen molar-refractivity contribution >= 4 is 21.6 Å². The van der Waals surface area contributed by atoms with Gasteiger partial charge in [-0.25, -0.2) is 8.42 Å². The molecule has 1 N–H and O–H groups in total. The van der Waals surface area contributed by atoms with Gasteiger partial charge in [-0.05, 0) is 55.8 Å². The summed E-state index contributed by atoms with van der Waals surface area (Å²) in [4.78, 5) is 13.2. The number of rotatable bonds is 11. The Kier molecular flexibility index (Phi) is 8.88. The Morgan fingerprint density at radius 1 is 0.811 bits per heavy atom. The Hall–Kier alpha value is -3.92. The minimum atomic E-state index is -4.09. The molecule has 0 bridgehead atoms. The summed E-state index contributed by atoms with van der Waals surface area (Å²) in [7, 11) is 1.92. The molecule has 0 aliphatic carbocycles. The van der Waals surface area contributed by atoms with E-state index in [1.54, 1.807) is 56.5 Å². The minimum absolute atomic E-state index is 0.0635. The summed E-state index contributed by atoms with van der Waals surface area (Å²) < 4.78 is 49.7. The fourth-order valence-corrected chi connectivity index (χ4v) is 5.17. The molecule has 0 spiro atoms. The Balaban J connectivity index is 1.94. The van der Waals surface area contributed by atoms with Gasteiger partial charge in [-0.3, -0.25) is 9.10 Å². The van der Waals surface area contributed by atoms with Gasteiger partial charge in [-0.1, -0.05) is 23.8 Å². The third-order valence-corrected chi connectivity index (χ3v) is 7.62. The van der Waals surface area contributed by atoms with Gasteiger partial charge in [0.15, 0.2) is 23.0 Å². The zero-order valence-corrected chi connectivity index (χ0v) is 22.6. The molecular weight excluding hydrogens is 496 g/mol. The van der Waals surface area contributed by atoms with Gasteiger partial charge in [0.1, 0.15) is 6.54 Å². The lowest BCUT2D eigenvalue weighted by Crippen LogP contribution is -2.41. The van der Waals surface area contributed by atoms with Crippen LogP contribution >= 0.6 is 0 Å². The van der Waals surface area contributed by atoms with E-state index >= 15 is 0 Å². The number of aryl methyl sites for hydroxylation is 1. The monoisotopic (exact) mass is 528 g/mol. The number of carbonyl (C=O) groups excluding carboxylic acids is 1. The molecule has 3 aromatic carbocycles. The molecule has 1 atom stereocenters. The Labute approximate surface area is 218 Å². The van der Waals surface area contributed by atoms with Crippen LogP contribution in [0.4, 0.5) is 5.69 Å². The molecular formula is C27H32N2O7S. The highest BCUT2D eigenvalue weighted by atomic mass is 32.2. The number of benzene rings is 3. The van der Waals surface area contributed by atoms with E-state index in [0.717, 1.165) is 15.4 Å². The zero-order valence-electron chi connectivity index (χ0n) is 21.8. The summed E-state index contributed by atoms with van der Waals surface area (Å²) in [5, 5.41) is 2.87. The number of nitrogens with zero attached hydrogens (tertiary/aromatic N) is 1. The molecule has 0 aliphatic rings. The molecule has 3 rings (SSSR count). The average Bonchev–Trinajstić information content (AvgIpc) is 2.90. The first kappa shape index (κ1) is 27.7. The summed E-state index contributed by atoms with van der Waals surface area (Å²) in [5.41, 5.74) is 1.94. The van der Waals surface area contributed by atoms with Crippen LogP contribution in [0.1, 0.15) is 24.1 Å². The molecule has 0 heterocycles. The quantitative estimate of drug-likeness (QED) is 0.400. The minimum Gasteiger partial charge on any atom is -0.493 e. The van der Waals surface area contributed by atoms with Gasteiger partial charge < -0.3 is 24.3 Å². The van der Waals surface area contributed by atoms with Gasteiger partial charge >= 0.3 is 0 Å². The number of hydrogen-bond acceptors (Lipinski definition) is 7. The highest BCUT2D eigenvalue weighted by molar-refractivity contribution is 7.92. The fourth-order valence-electron chi connectivity index (χ4n) is 3.76. The van der Waals surface area contributed by atoms with Crippen LogP contribution in [0.3, 0.4) is 0 Å². The molecule has 37 heavy (non-hydrogen) atoms. The maximum Gasteiger partial charge on any atom is 0.264 e. The smallest absolute Gasteiger partial charge is 0.264 e. The van der Waals surface area contributed by atoms with E-state index in [1.807, 2.05) is 6.92 Å². The van der Waals surface area contributed by atoms with Crippen molar-refractivity contribution in [3.05, 3.63) is 71.8 Å². The standard InChI is InChI=1S/C27H32N2O7S/c1-18-7-11-22(12-8-18)37(31,32)29(21-10-14-24(34-4)26(16-21)36-6)17-27(30)28-19(2)20-9-13-23(33-3)25(15-20)35-5/h7-16,19H,17H2,1-6H3,(H,28,30). The van der Waals surface area contributed by atoms with Crippen LogP contribution < -0.4 is 28.6 Å². The van der Waals surface area contributed by atoms with Crippen LogP contribution in [-0.4, -0.2) is 49.3 Å². The Bertz CT molecular complexity index is 1340. The topological polar surface area (TPSA) is 103 Å². The first-order chi connectivity index (χ1) is 17.6. The molecule has 1 unspecified atom stereocenters. The third kappa shape index (κ3) is 6.26. The van der Waals surface area contributed by atoms with E-state index in [9.17, 15) is 13.2 Å². The maximum atomic E-state index is 13.7. The summed E-state index contributed by atoms with van der Waals surface area (Å²) in [5.74, 6) is 1.37. The van der Waals surface area contributed by atoms with Crippen LogP contribution in [0.15, 0.2) is 65.6 Å². The van der Waals surface area contributed by atoms with Crippen molar-refractivity contribution < 1.29 is 32.2 Å². The van der Waals surface area contributed by atoms with Crippen molar-refractivity contribution in [3.8, 4) is 23.0 Å². The van der Waals surface area contributed by atoms with Crippen LogP contribution in [0.2, 0.25) is 0 Å². The highest BCUT2D eigenvalue weighted by Crippen LogP contribution is 2.34. The predicted molar refractivity (Wildman–Crippen MR) is 141 cm³/mol. The number of carbonyl (C=O) groups is 1. The van der Waals surface area contributed by atoms with E-state index in [0.29, 0.717) is 23.0 Å². The second-order valence-electron chi connectivity index (χ2n) is 8.27. The lowest BCUT2D eigenvalue weighted by molar-refractivity contribution is -0.120. The van der Waals surface area contributed by atoms with Crippen molar-refractivity contribution in [2.75, 3.05) is 39.3 Å². The second kappa shape index (κ2) is 11.9. The zero-order chi connectivity index (χ0) is 27.2. The lowest BCUT2D eigenvalue weighted by Gasteiger charge is -2.26. The first-order valence-electron chi connectivity index (χ1n) is 11.5. The van der Waals surface area contributed by atoms with Crippen molar-refractivity contribution in [1.29, 1.82) is 0 Å². The summed E-state index contributed by atoms with van der Waals surface area (Å²) in [6, 6.07) is 16.0. The number of ether oxygens (including phenoxy) is 4. The van der Waals surface area contributed by atoms with E-state index in [-0.39, 0.29) is 10.6 Å². The largest absolute Gasteiger partial charge is 0.493 e. The molecule has 0 saturated heterocycles. The van der Waals surface area contributed by atoms with Gasteiger partial charge in [0.25, 0.3) is 10.0 Å². The van der Waals surface area contributed by atoms with Crippen LogP contribution in [0, 0.1) is 6.92 Å². The average molecular weight is 529 g/mol. The van der Waals surface area contributed by atoms with Crippen LogP contribution in [0.5, 0.6) is 23.0 Å². The van der Waals surface area contributed by atoms with Crippen molar-refractivity contribution in [1.82, 2.24) is 5.32 Å². The van der Waals surface area contributed by atoms with Crippen LogP contribution in [0.25, 0.3) is 0 Å². The van der Waals surface area contributed by atoms with Gasteiger partial charge in [0, 0.05) is 6.07 Å². The second-order valence-corrected chi connectivity index (χ2v) is 10.1. The van der Waals surface area contributed by atoms with Crippen molar-refractivity contribution in [2.45, 2.75) is 24.8 Å². The Morgan fingerprint density at radius 3 is 1.92 bits per heavy atom. The molecule has 0 radical (unpaired) electrons. The Morgan fingerprint density at radius 2 is 1.35 bits per heavy atom. The number of hydrogen-bond donors (Lipinski definition) is 1. The molecule has 198 valence electrons. The molecule has 3 aromatic rings. The number of anilines is 1. The highest BCUT2D eigenvalue weighted by Gasteiger charge is 2.28. The van der Waals surface area contributed by atoms with Gasteiger partial charge in [0.2, 0.25) is 5.91 Å². The predicted octanol–water partition coefficient (Wildman–Crippen LogP) is 4.10. The SMILES string of the molecule is COc1ccc(C(C)NC(=O)CN(c2ccc(OC)c(OC)c2)S(=O)(=O)c2ccc(C)cc2)cc1OC. The van der Waals surface area contributed by atoms with Gasteiger partial charge in [-0.2, -0.15) is 0 Å². The first-order valence-corrected chi connectivity index (χ1v) is 12.9. The van der Waals surface area contributed by atoms with E-state index < -0.39 is 28.5 Å². The number of sulfonamides is 1. The van der Waals surface area contributed by atoms with Gasteiger partial charge in [-0.15, -0.1) is 0 Å². The van der Waals surface area contributed by atoms with E-state index in [2.05, 4.69) is 5.32 Å². The fraction of sp³-hybridized carbons (Fsp3) is 0.296. The molecule has 0 aromatic heterocycles. The summed E-state index contributed by atoms with van der Waals surface area (Å²) in [6.45, 7) is 3.21. The summed E-state index contributed by atoms with van der Waals surface area (Å²) in [6.07, 6.45) is 0. The molecule has 0 aliphatic heterocycles.